The largest absolute Gasteiger partial charge is 0.377 e. The number of rotatable bonds is 6. The molecule has 1 fully saturated rings. The van der Waals surface area contributed by atoms with Crippen molar-refractivity contribution in [1.82, 2.24) is 5.32 Å². The van der Waals surface area contributed by atoms with E-state index in [0.29, 0.717) is 17.4 Å². The molecule has 3 heteroatoms. The zero-order valence-corrected chi connectivity index (χ0v) is 12.1. The summed E-state index contributed by atoms with van der Waals surface area (Å²) in [6.45, 7) is 6.30. The summed E-state index contributed by atoms with van der Waals surface area (Å²) in [5.74, 6) is 1.12. The van der Waals surface area contributed by atoms with Gasteiger partial charge in [0.15, 0.2) is 0 Å². The summed E-state index contributed by atoms with van der Waals surface area (Å²) in [7, 11) is 0. The van der Waals surface area contributed by atoms with Crippen LogP contribution in [0.3, 0.4) is 0 Å². The van der Waals surface area contributed by atoms with Crippen LogP contribution in [0.15, 0.2) is 30.3 Å². The molecule has 1 saturated heterocycles. The van der Waals surface area contributed by atoms with Gasteiger partial charge in [0.1, 0.15) is 0 Å². The number of hydrogen-bond acceptors (Lipinski definition) is 3. The van der Waals surface area contributed by atoms with E-state index in [1.165, 1.54) is 12.0 Å². The summed E-state index contributed by atoms with van der Waals surface area (Å²) < 4.78 is 5.62. The summed E-state index contributed by atoms with van der Waals surface area (Å²) in [6.07, 6.45) is 1.60. The zero-order chi connectivity index (χ0) is 12.8. The molecule has 2 rings (SSSR count). The van der Waals surface area contributed by atoms with Crippen LogP contribution in [-0.2, 0) is 4.74 Å². The predicted molar refractivity (Wildman–Crippen MR) is 79.1 cm³/mol. The summed E-state index contributed by atoms with van der Waals surface area (Å²) in [5, 5.41) is 4.24. The number of thioether (sulfide) groups is 1. The zero-order valence-electron chi connectivity index (χ0n) is 11.3. The third-order valence-electron chi connectivity index (χ3n) is 3.44. The van der Waals surface area contributed by atoms with Crippen LogP contribution < -0.4 is 5.32 Å². The van der Waals surface area contributed by atoms with E-state index in [0.717, 1.165) is 18.9 Å². The van der Waals surface area contributed by atoms with Crippen LogP contribution in [-0.4, -0.2) is 30.3 Å². The third kappa shape index (κ3) is 3.74. The number of benzene rings is 1. The van der Waals surface area contributed by atoms with Crippen LogP contribution in [0.25, 0.3) is 0 Å². The van der Waals surface area contributed by atoms with E-state index in [4.69, 9.17) is 4.74 Å². The second kappa shape index (κ2) is 7.17. The van der Waals surface area contributed by atoms with Gasteiger partial charge in [0.25, 0.3) is 0 Å². The lowest BCUT2D eigenvalue weighted by molar-refractivity contribution is 0.127. The van der Waals surface area contributed by atoms with Gasteiger partial charge in [-0.25, -0.2) is 0 Å². The molecule has 3 unspecified atom stereocenters. The Morgan fingerprint density at radius 3 is 2.78 bits per heavy atom. The Kier molecular flexibility index (Phi) is 5.54. The summed E-state index contributed by atoms with van der Waals surface area (Å²) in [6, 6.07) is 11.2. The van der Waals surface area contributed by atoms with Crippen molar-refractivity contribution in [2.45, 2.75) is 37.7 Å². The van der Waals surface area contributed by atoms with Crippen molar-refractivity contribution in [2.24, 2.45) is 0 Å². The molecule has 18 heavy (non-hydrogen) atoms. The monoisotopic (exact) mass is 265 g/mol. The van der Waals surface area contributed by atoms with Crippen LogP contribution in [0.1, 0.15) is 31.9 Å². The molecule has 2 nitrogen and oxygen atoms in total. The highest BCUT2D eigenvalue weighted by Crippen LogP contribution is 2.29. The first-order chi connectivity index (χ1) is 8.81. The van der Waals surface area contributed by atoms with Crippen LogP contribution in [0.5, 0.6) is 0 Å². The Labute approximate surface area is 114 Å². The third-order valence-corrected chi connectivity index (χ3v) is 5.01. The molecule has 0 bridgehead atoms. The fourth-order valence-electron chi connectivity index (χ4n) is 2.36. The van der Waals surface area contributed by atoms with Gasteiger partial charge in [0.05, 0.1) is 6.10 Å². The fourth-order valence-corrected chi connectivity index (χ4v) is 3.72. The highest BCUT2D eigenvalue weighted by atomic mass is 32.2. The normalized spacial score (nSPS) is 25.2. The molecule has 1 aromatic carbocycles. The first-order valence-electron chi connectivity index (χ1n) is 6.82. The van der Waals surface area contributed by atoms with E-state index >= 15 is 0 Å². The highest BCUT2D eigenvalue weighted by Gasteiger charge is 2.25. The minimum absolute atomic E-state index is 0.410. The molecule has 1 N–H and O–H groups in total. The summed E-state index contributed by atoms with van der Waals surface area (Å²) in [5.41, 5.74) is 1.39. The Bertz CT molecular complexity index is 344. The summed E-state index contributed by atoms with van der Waals surface area (Å²) >= 11 is 2.05. The van der Waals surface area contributed by atoms with Gasteiger partial charge in [-0.3, -0.25) is 0 Å². The standard InChI is InChI=1S/C15H23NOS/c1-3-16-14(13-7-5-4-6-8-13)11-18-15-9-10-17-12(15)2/h4-8,12,14-16H,3,9-11H2,1-2H3. The van der Waals surface area contributed by atoms with Crippen molar-refractivity contribution in [3.8, 4) is 0 Å². The molecular weight excluding hydrogens is 242 g/mol. The molecule has 1 heterocycles. The molecule has 3 atom stereocenters. The smallest absolute Gasteiger partial charge is 0.0666 e. The average molecular weight is 265 g/mol. The Morgan fingerprint density at radius 1 is 1.39 bits per heavy atom. The van der Waals surface area contributed by atoms with Crippen molar-refractivity contribution >= 4 is 11.8 Å². The quantitative estimate of drug-likeness (QED) is 0.853. The molecule has 0 aromatic heterocycles. The maximum Gasteiger partial charge on any atom is 0.0666 e. The van der Waals surface area contributed by atoms with Crippen LogP contribution in [0, 0.1) is 0 Å². The minimum atomic E-state index is 0.410. The predicted octanol–water partition coefficient (Wildman–Crippen LogP) is 3.25. The summed E-state index contributed by atoms with van der Waals surface area (Å²) in [4.78, 5) is 0. The highest BCUT2D eigenvalue weighted by molar-refractivity contribution is 8.00. The van der Waals surface area contributed by atoms with E-state index < -0.39 is 0 Å². The molecule has 0 saturated carbocycles. The van der Waals surface area contributed by atoms with Crippen molar-refractivity contribution < 1.29 is 4.74 Å². The Morgan fingerprint density at radius 2 is 2.17 bits per heavy atom. The molecule has 1 aromatic rings. The van der Waals surface area contributed by atoms with Crippen molar-refractivity contribution in [3.63, 3.8) is 0 Å². The molecule has 1 aliphatic heterocycles. The van der Waals surface area contributed by atoms with Crippen molar-refractivity contribution in [1.29, 1.82) is 0 Å². The Balaban J connectivity index is 1.90. The number of ether oxygens (including phenoxy) is 1. The molecule has 100 valence electrons. The van der Waals surface area contributed by atoms with E-state index in [1.54, 1.807) is 0 Å². The van der Waals surface area contributed by atoms with Gasteiger partial charge in [0.2, 0.25) is 0 Å². The second-order valence-electron chi connectivity index (χ2n) is 4.76. The maximum atomic E-state index is 5.62. The van der Waals surface area contributed by atoms with Gasteiger partial charge in [0, 0.05) is 23.7 Å². The van der Waals surface area contributed by atoms with Crippen LogP contribution >= 0.6 is 11.8 Å². The lowest BCUT2D eigenvalue weighted by Gasteiger charge is -2.21. The molecule has 0 amide bonds. The average Bonchev–Trinajstić information content (AvgIpc) is 2.81. The van der Waals surface area contributed by atoms with E-state index in [9.17, 15) is 0 Å². The van der Waals surface area contributed by atoms with Gasteiger partial charge >= 0.3 is 0 Å². The molecule has 0 aliphatic carbocycles. The van der Waals surface area contributed by atoms with Gasteiger partial charge < -0.3 is 10.1 Å². The lowest BCUT2D eigenvalue weighted by Crippen LogP contribution is -2.25. The first kappa shape index (κ1) is 13.9. The molecule has 1 aliphatic rings. The topological polar surface area (TPSA) is 21.3 Å². The van der Waals surface area contributed by atoms with Gasteiger partial charge in [-0.15, -0.1) is 0 Å². The van der Waals surface area contributed by atoms with E-state index in [2.05, 4.69) is 49.5 Å². The molecule has 0 radical (unpaired) electrons. The first-order valence-corrected chi connectivity index (χ1v) is 7.87. The SMILES string of the molecule is CCNC(CSC1CCOC1C)c1ccccc1. The Hall–Kier alpha value is -0.510. The minimum Gasteiger partial charge on any atom is -0.377 e. The fraction of sp³-hybridized carbons (Fsp3) is 0.600. The van der Waals surface area contributed by atoms with Crippen molar-refractivity contribution in [2.75, 3.05) is 18.9 Å². The number of nitrogens with one attached hydrogen (secondary N) is 1. The van der Waals surface area contributed by atoms with E-state index in [-0.39, 0.29) is 0 Å². The number of hydrogen-bond donors (Lipinski definition) is 1. The van der Waals surface area contributed by atoms with Gasteiger partial charge in [-0.2, -0.15) is 11.8 Å². The maximum absolute atomic E-state index is 5.62. The van der Waals surface area contributed by atoms with Gasteiger partial charge in [-0.1, -0.05) is 37.3 Å². The molecule has 0 spiro atoms. The van der Waals surface area contributed by atoms with Crippen LogP contribution in [0.4, 0.5) is 0 Å². The van der Waals surface area contributed by atoms with Crippen LogP contribution in [0.2, 0.25) is 0 Å². The van der Waals surface area contributed by atoms with Crippen molar-refractivity contribution in [3.05, 3.63) is 35.9 Å². The van der Waals surface area contributed by atoms with E-state index in [1.807, 2.05) is 11.8 Å². The molecular formula is C15H23NOS. The second-order valence-corrected chi connectivity index (χ2v) is 6.03. The lowest BCUT2D eigenvalue weighted by atomic mass is 10.1. The van der Waals surface area contributed by atoms with Gasteiger partial charge in [-0.05, 0) is 25.5 Å².